The number of ether oxygens (including phenoxy) is 1. The molecule has 5 rings (SSSR count). The maximum absolute atomic E-state index is 14.7. The molecular weight excluding hydrogens is 514 g/mol. The van der Waals surface area contributed by atoms with Crippen molar-refractivity contribution in [2.45, 2.75) is 37.0 Å². The van der Waals surface area contributed by atoms with Crippen molar-refractivity contribution in [1.29, 1.82) is 0 Å². The van der Waals surface area contributed by atoms with E-state index >= 15 is 0 Å². The number of hydrogen-bond donors (Lipinski definition) is 2. The van der Waals surface area contributed by atoms with Crippen molar-refractivity contribution in [2.75, 3.05) is 18.7 Å². The molecule has 9 nitrogen and oxygen atoms in total. The molecule has 38 heavy (non-hydrogen) atoms. The Labute approximate surface area is 219 Å². The molecule has 0 unspecified atom stereocenters. The third kappa shape index (κ3) is 4.81. The van der Waals surface area contributed by atoms with Gasteiger partial charge in [-0.05, 0) is 48.4 Å². The number of sulfone groups is 1. The maximum atomic E-state index is 14.7. The molecule has 3 aromatic heterocycles. The van der Waals surface area contributed by atoms with Crippen LogP contribution in [-0.4, -0.2) is 52.7 Å². The van der Waals surface area contributed by atoms with E-state index in [4.69, 9.17) is 10.5 Å². The number of imidazole rings is 1. The summed E-state index contributed by atoms with van der Waals surface area (Å²) in [6.45, 7) is 1.91. The van der Waals surface area contributed by atoms with Crippen molar-refractivity contribution in [3.63, 3.8) is 0 Å². The predicted molar refractivity (Wildman–Crippen MR) is 140 cm³/mol. The predicted octanol–water partition coefficient (Wildman–Crippen LogP) is 4.08. The van der Waals surface area contributed by atoms with Gasteiger partial charge >= 0.3 is 0 Å². The Morgan fingerprint density at radius 3 is 2.53 bits per heavy atom. The van der Waals surface area contributed by atoms with E-state index in [1.54, 1.807) is 24.7 Å². The molecule has 1 aliphatic carbocycles. The molecule has 12 heteroatoms. The first-order valence-electron chi connectivity index (χ1n) is 12.1. The molecule has 200 valence electrons. The van der Waals surface area contributed by atoms with Gasteiger partial charge in [0, 0.05) is 30.6 Å². The highest BCUT2D eigenvalue weighted by atomic mass is 32.2. The molecule has 1 aliphatic rings. The number of hydrogen-bond acceptors (Lipinski definition) is 8. The van der Waals surface area contributed by atoms with Crippen molar-refractivity contribution < 1.29 is 21.9 Å². The monoisotopic (exact) mass is 542 g/mol. The van der Waals surface area contributed by atoms with Crippen LogP contribution in [0.3, 0.4) is 0 Å². The van der Waals surface area contributed by atoms with Gasteiger partial charge < -0.3 is 15.8 Å². The number of nitrogens with one attached hydrogen (secondary N) is 1. The van der Waals surface area contributed by atoms with E-state index < -0.39 is 32.8 Å². The van der Waals surface area contributed by atoms with Crippen LogP contribution in [0.5, 0.6) is 5.75 Å². The van der Waals surface area contributed by atoms with Gasteiger partial charge in [-0.2, -0.15) is 9.61 Å². The van der Waals surface area contributed by atoms with Gasteiger partial charge in [0.2, 0.25) is 5.95 Å². The van der Waals surface area contributed by atoms with E-state index in [-0.39, 0.29) is 28.8 Å². The van der Waals surface area contributed by atoms with Gasteiger partial charge in [-0.25, -0.2) is 22.2 Å². The summed E-state index contributed by atoms with van der Waals surface area (Å²) in [6, 6.07) is 6.77. The minimum atomic E-state index is -3.28. The fourth-order valence-corrected chi connectivity index (χ4v) is 7.26. The second-order valence-electron chi connectivity index (χ2n) is 9.79. The number of halogens is 2. The molecule has 0 radical (unpaired) electrons. The molecule has 3 N–H and O–H groups in total. The number of benzene rings is 1. The van der Waals surface area contributed by atoms with Crippen LogP contribution in [0.1, 0.15) is 31.2 Å². The number of fused-ring (bicyclic) bond motifs is 1. The van der Waals surface area contributed by atoms with Crippen LogP contribution in [0.4, 0.5) is 20.4 Å². The van der Waals surface area contributed by atoms with E-state index in [0.29, 0.717) is 30.0 Å². The first-order valence-corrected chi connectivity index (χ1v) is 14.1. The number of anilines is 2. The summed E-state index contributed by atoms with van der Waals surface area (Å²) >= 11 is 0. The van der Waals surface area contributed by atoms with Crippen LogP contribution in [0.2, 0.25) is 0 Å². The normalized spacial score (nSPS) is 21.9. The molecule has 0 amide bonds. The lowest BCUT2D eigenvalue weighted by Gasteiger charge is -2.38. The zero-order valence-electron chi connectivity index (χ0n) is 21.1. The van der Waals surface area contributed by atoms with E-state index in [2.05, 4.69) is 20.4 Å². The van der Waals surface area contributed by atoms with Crippen molar-refractivity contribution in [2.24, 2.45) is 11.7 Å². The number of methoxy groups -OCH3 is 1. The summed E-state index contributed by atoms with van der Waals surface area (Å²) in [6.07, 6.45) is 7.30. The van der Waals surface area contributed by atoms with Crippen LogP contribution >= 0.6 is 0 Å². The second kappa shape index (κ2) is 9.91. The van der Waals surface area contributed by atoms with Crippen LogP contribution < -0.4 is 15.8 Å². The van der Waals surface area contributed by atoms with Crippen LogP contribution in [0.15, 0.2) is 48.9 Å². The van der Waals surface area contributed by atoms with Crippen LogP contribution in [0.25, 0.3) is 16.8 Å². The summed E-state index contributed by atoms with van der Waals surface area (Å²) in [5.74, 6) is -1.32. The molecule has 1 fully saturated rings. The largest absolute Gasteiger partial charge is 0.497 e. The third-order valence-electron chi connectivity index (χ3n) is 7.12. The van der Waals surface area contributed by atoms with Crippen molar-refractivity contribution >= 4 is 27.0 Å². The van der Waals surface area contributed by atoms with E-state index in [1.165, 1.54) is 23.9 Å². The van der Waals surface area contributed by atoms with Crippen LogP contribution in [0, 0.1) is 17.6 Å². The lowest BCUT2D eigenvalue weighted by molar-refractivity contribution is 0.309. The Bertz CT molecular complexity index is 1570. The molecule has 3 heterocycles. The van der Waals surface area contributed by atoms with Gasteiger partial charge in [0.15, 0.2) is 9.84 Å². The lowest BCUT2D eigenvalue weighted by Crippen LogP contribution is -2.48. The highest BCUT2D eigenvalue weighted by Crippen LogP contribution is 2.41. The smallest absolute Gasteiger partial charge is 0.229 e. The summed E-state index contributed by atoms with van der Waals surface area (Å²) in [5, 5.41) is 7.11. The lowest BCUT2D eigenvalue weighted by atomic mass is 9.76. The molecule has 1 saturated carbocycles. The highest BCUT2D eigenvalue weighted by Gasteiger charge is 2.40. The summed E-state index contributed by atoms with van der Waals surface area (Å²) in [5.41, 5.74) is 8.35. The van der Waals surface area contributed by atoms with Crippen molar-refractivity contribution in [3.8, 4) is 17.0 Å². The van der Waals surface area contributed by atoms with Crippen molar-refractivity contribution in [3.05, 3.63) is 66.1 Å². The van der Waals surface area contributed by atoms with Crippen LogP contribution in [-0.2, 0) is 9.84 Å². The Morgan fingerprint density at radius 2 is 1.87 bits per heavy atom. The SMILES string of the molecule is COc1cc(F)c(-c2ccc3cnc(Nc4cnccc4[C@H]4C[C@@H](N)[C@H](S(C)(=O)=O)[C@@H](C)C4)n3n2)c(F)c1. The highest BCUT2D eigenvalue weighted by molar-refractivity contribution is 7.91. The van der Waals surface area contributed by atoms with Crippen molar-refractivity contribution in [1.82, 2.24) is 19.6 Å². The quantitative estimate of drug-likeness (QED) is 0.374. The number of nitrogens with two attached hydrogens (primary N) is 1. The third-order valence-corrected chi connectivity index (χ3v) is 8.93. The first-order chi connectivity index (χ1) is 18.1. The molecular formula is C26H28F2N6O3S. The van der Waals surface area contributed by atoms with Gasteiger partial charge in [-0.1, -0.05) is 6.92 Å². The number of aromatic nitrogens is 4. The molecule has 0 saturated heterocycles. The molecule has 4 aromatic rings. The minimum Gasteiger partial charge on any atom is -0.497 e. The summed E-state index contributed by atoms with van der Waals surface area (Å²) < 4.78 is 60.4. The Hall–Kier alpha value is -3.64. The molecule has 1 aromatic carbocycles. The first kappa shape index (κ1) is 26.0. The minimum absolute atomic E-state index is 0.000683. The standard InChI is InChI=1S/C26H28F2N6O3S/c1-14-8-15(9-21(29)25(14)38(3,35)36)18-6-7-30-13-23(18)32-26-31-12-16-4-5-22(33-34(16)26)24-19(27)10-17(37-2)11-20(24)28/h4-7,10-15,21,25H,8-9,29H2,1-3H3,(H,31,32)/t14-,15+,21+,25+/m0/s1. The van der Waals surface area contributed by atoms with E-state index in [0.717, 1.165) is 17.7 Å². The maximum Gasteiger partial charge on any atom is 0.229 e. The van der Waals surface area contributed by atoms with Gasteiger partial charge in [0.25, 0.3) is 0 Å². The van der Waals surface area contributed by atoms with Gasteiger partial charge in [-0.3, -0.25) is 4.98 Å². The summed E-state index contributed by atoms with van der Waals surface area (Å²) in [7, 11) is -1.94. The molecule has 0 bridgehead atoms. The molecule has 0 spiro atoms. The van der Waals surface area contributed by atoms with E-state index in [9.17, 15) is 17.2 Å². The zero-order valence-corrected chi connectivity index (χ0v) is 21.9. The molecule has 4 atom stereocenters. The fourth-order valence-electron chi connectivity index (χ4n) is 5.56. The summed E-state index contributed by atoms with van der Waals surface area (Å²) in [4.78, 5) is 8.65. The van der Waals surface area contributed by atoms with Gasteiger partial charge in [0.1, 0.15) is 17.4 Å². The number of nitrogens with zero attached hydrogens (tertiary/aromatic N) is 4. The number of pyridine rings is 1. The molecule has 0 aliphatic heterocycles. The topological polar surface area (TPSA) is 124 Å². The average molecular weight is 543 g/mol. The Balaban J connectivity index is 1.48. The fraction of sp³-hybridized carbons (Fsp3) is 0.346. The Kier molecular flexibility index (Phi) is 6.78. The second-order valence-corrected chi connectivity index (χ2v) is 12.0. The van der Waals surface area contributed by atoms with E-state index in [1.807, 2.05) is 13.0 Å². The Morgan fingerprint density at radius 1 is 1.13 bits per heavy atom. The van der Waals surface area contributed by atoms with Gasteiger partial charge in [0.05, 0.1) is 47.2 Å². The average Bonchev–Trinajstić information content (AvgIpc) is 3.24. The zero-order chi connectivity index (χ0) is 27.2. The van der Waals surface area contributed by atoms with Gasteiger partial charge in [-0.15, -0.1) is 0 Å². The number of rotatable bonds is 6.